The number of hydrogen-bond donors (Lipinski definition) is 1. The van der Waals surface area contributed by atoms with Crippen LogP contribution in [0.4, 0.5) is 4.39 Å². The Morgan fingerprint density at radius 2 is 1.94 bits per heavy atom. The summed E-state index contributed by atoms with van der Waals surface area (Å²) in [5.41, 5.74) is 3.78. The van der Waals surface area contributed by atoms with Gasteiger partial charge in [-0.15, -0.1) is 0 Å². The van der Waals surface area contributed by atoms with Gasteiger partial charge in [0.2, 0.25) is 0 Å². The molecule has 0 saturated carbocycles. The number of amides is 1. The Hall–Kier alpha value is -4.33. The minimum atomic E-state index is -0.388. The van der Waals surface area contributed by atoms with Gasteiger partial charge in [0.15, 0.2) is 5.65 Å². The summed E-state index contributed by atoms with van der Waals surface area (Å²) in [6.07, 6.45) is 6.48. The van der Waals surface area contributed by atoms with Crippen LogP contribution in [0.15, 0.2) is 79.5 Å². The van der Waals surface area contributed by atoms with Gasteiger partial charge in [0.05, 0.1) is 34.9 Å². The summed E-state index contributed by atoms with van der Waals surface area (Å²) >= 11 is 0. The molecule has 0 bridgehead atoms. The number of fused-ring (bicyclic) bond motifs is 1. The van der Waals surface area contributed by atoms with Gasteiger partial charge in [0.25, 0.3) is 5.91 Å². The van der Waals surface area contributed by atoms with Gasteiger partial charge in [-0.3, -0.25) is 4.79 Å². The molecule has 1 N–H and O–H groups in total. The Morgan fingerprint density at radius 3 is 2.65 bits per heavy atom. The summed E-state index contributed by atoms with van der Waals surface area (Å²) in [5.74, 6) is -0.660. The van der Waals surface area contributed by atoms with E-state index < -0.39 is 0 Å². The van der Waals surface area contributed by atoms with Gasteiger partial charge in [0, 0.05) is 30.5 Å². The highest BCUT2D eigenvalue weighted by Gasteiger charge is 2.18. The van der Waals surface area contributed by atoms with Crippen molar-refractivity contribution in [2.45, 2.75) is 26.4 Å². The van der Waals surface area contributed by atoms with Crippen LogP contribution < -0.4 is 5.32 Å². The topological polar surface area (TPSA) is 77.6 Å². The minimum absolute atomic E-state index is 0.0870. The van der Waals surface area contributed by atoms with Gasteiger partial charge in [-0.25, -0.2) is 19.0 Å². The monoisotopic (exact) mass is 454 g/mol. The van der Waals surface area contributed by atoms with E-state index in [0.29, 0.717) is 33.5 Å². The summed E-state index contributed by atoms with van der Waals surface area (Å²) in [5, 5.41) is 8.04. The maximum atomic E-state index is 14.6. The third-order valence-electron chi connectivity index (χ3n) is 5.62. The molecule has 0 aliphatic carbocycles. The molecule has 5 rings (SSSR count). The lowest BCUT2D eigenvalue weighted by Crippen LogP contribution is -2.23. The molecule has 3 heterocycles. The molecule has 0 radical (unpaired) electrons. The Labute approximate surface area is 195 Å². The second-order valence-corrected chi connectivity index (χ2v) is 8.28. The number of hydrogen-bond acceptors (Lipinski definition) is 4. The zero-order chi connectivity index (χ0) is 23.7. The number of benzene rings is 2. The highest BCUT2D eigenvalue weighted by Crippen LogP contribution is 2.26. The summed E-state index contributed by atoms with van der Waals surface area (Å²) in [4.78, 5) is 22.0. The number of nitrogens with one attached hydrogen (secondary N) is 1. The molecule has 0 spiro atoms. The lowest BCUT2D eigenvalue weighted by Gasteiger charge is -2.12. The molecule has 0 unspecified atom stereocenters. The van der Waals surface area contributed by atoms with Crippen molar-refractivity contribution in [2.24, 2.45) is 0 Å². The average Bonchev–Trinajstić information content (AvgIpc) is 3.53. The molecule has 0 saturated heterocycles. The number of rotatable bonds is 6. The van der Waals surface area contributed by atoms with Crippen LogP contribution in [0.25, 0.3) is 28.0 Å². The van der Waals surface area contributed by atoms with Crippen LogP contribution in [-0.2, 0) is 6.54 Å². The number of carbonyl (C=O) groups is 1. The van der Waals surface area contributed by atoms with E-state index in [0.717, 1.165) is 5.56 Å². The van der Waals surface area contributed by atoms with Gasteiger partial charge in [-0.05, 0) is 37.6 Å². The smallest absolute Gasteiger partial charge is 0.252 e. The molecule has 3 aromatic heterocycles. The molecule has 34 heavy (non-hydrogen) atoms. The Kier molecular flexibility index (Phi) is 5.63. The molecule has 8 heteroatoms. The predicted molar refractivity (Wildman–Crippen MR) is 128 cm³/mol. The van der Waals surface area contributed by atoms with Gasteiger partial charge >= 0.3 is 0 Å². The molecule has 7 nitrogen and oxygen atoms in total. The number of imidazole rings is 1. The van der Waals surface area contributed by atoms with Crippen LogP contribution in [-0.4, -0.2) is 30.2 Å². The molecule has 0 atom stereocenters. The predicted octanol–water partition coefficient (Wildman–Crippen LogP) is 4.93. The van der Waals surface area contributed by atoms with E-state index in [4.69, 9.17) is 4.98 Å². The second kappa shape index (κ2) is 8.90. The first kappa shape index (κ1) is 21.5. The van der Waals surface area contributed by atoms with E-state index in [2.05, 4.69) is 15.4 Å². The SMILES string of the molecule is CC(C)n1ncc2c(C(=O)NCc3ccc(-n4ccnc4)c(F)c3)cc(-c3ccccc3)nc21. The van der Waals surface area contributed by atoms with Crippen molar-refractivity contribution in [1.29, 1.82) is 0 Å². The highest BCUT2D eigenvalue weighted by atomic mass is 19.1. The van der Waals surface area contributed by atoms with Crippen molar-refractivity contribution >= 4 is 16.9 Å². The molecule has 5 aromatic rings. The summed E-state index contributed by atoms with van der Waals surface area (Å²) in [6, 6.07) is 16.5. The zero-order valence-corrected chi connectivity index (χ0v) is 18.8. The molecule has 0 aliphatic heterocycles. The lowest BCUT2D eigenvalue weighted by atomic mass is 10.1. The van der Waals surface area contributed by atoms with E-state index in [1.54, 1.807) is 41.4 Å². The Balaban J connectivity index is 1.45. The van der Waals surface area contributed by atoms with Crippen molar-refractivity contribution in [3.05, 3.63) is 96.5 Å². The highest BCUT2D eigenvalue weighted by molar-refractivity contribution is 6.06. The average molecular weight is 455 g/mol. The number of halogens is 1. The number of nitrogens with zero attached hydrogens (tertiary/aromatic N) is 5. The molecule has 1 amide bonds. The maximum Gasteiger partial charge on any atom is 0.252 e. The first-order valence-electron chi connectivity index (χ1n) is 11.0. The fourth-order valence-corrected chi connectivity index (χ4v) is 3.89. The van der Waals surface area contributed by atoms with Crippen molar-refractivity contribution in [3.63, 3.8) is 0 Å². The van der Waals surface area contributed by atoms with E-state index in [1.165, 1.54) is 12.4 Å². The first-order chi connectivity index (χ1) is 16.5. The summed E-state index contributed by atoms with van der Waals surface area (Å²) < 4.78 is 18.0. The van der Waals surface area contributed by atoms with Crippen molar-refractivity contribution < 1.29 is 9.18 Å². The normalized spacial score (nSPS) is 11.3. The number of pyridine rings is 1. The third-order valence-corrected chi connectivity index (χ3v) is 5.62. The molecule has 170 valence electrons. The molecule has 0 aliphatic rings. The molecule has 0 fully saturated rings. The van der Waals surface area contributed by atoms with E-state index >= 15 is 0 Å². The molecular formula is C26H23FN6O. The zero-order valence-electron chi connectivity index (χ0n) is 18.8. The lowest BCUT2D eigenvalue weighted by molar-refractivity contribution is 0.0952. The number of aromatic nitrogens is 5. The van der Waals surface area contributed by atoms with Crippen LogP contribution in [0, 0.1) is 5.82 Å². The van der Waals surface area contributed by atoms with Crippen LogP contribution >= 0.6 is 0 Å². The van der Waals surface area contributed by atoms with Gasteiger partial charge in [-0.1, -0.05) is 36.4 Å². The quantitative estimate of drug-likeness (QED) is 0.395. The van der Waals surface area contributed by atoms with Crippen molar-refractivity contribution in [2.75, 3.05) is 0 Å². The summed E-state index contributed by atoms with van der Waals surface area (Å²) in [6.45, 7) is 4.22. The van der Waals surface area contributed by atoms with E-state index in [1.807, 2.05) is 48.9 Å². The first-order valence-corrected chi connectivity index (χ1v) is 11.0. The van der Waals surface area contributed by atoms with Gasteiger partial charge < -0.3 is 9.88 Å². The number of carbonyl (C=O) groups excluding carboxylic acids is 1. The van der Waals surface area contributed by atoms with E-state index in [9.17, 15) is 9.18 Å². The Morgan fingerprint density at radius 1 is 1.12 bits per heavy atom. The minimum Gasteiger partial charge on any atom is -0.348 e. The fourth-order valence-electron chi connectivity index (χ4n) is 3.89. The van der Waals surface area contributed by atoms with Gasteiger partial charge in [-0.2, -0.15) is 5.10 Å². The molecular weight excluding hydrogens is 431 g/mol. The van der Waals surface area contributed by atoms with Gasteiger partial charge in [0.1, 0.15) is 5.82 Å². The standard InChI is InChI=1S/C26H23FN6O/c1-17(2)33-25-21(15-30-33)20(13-23(31-25)19-6-4-3-5-7-19)26(34)29-14-18-8-9-24(22(27)12-18)32-11-10-28-16-32/h3-13,15-17H,14H2,1-2H3,(H,29,34). The van der Waals surface area contributed by atoms with Crippen LogP contribution in [0.2, 0.25) is 0 Å². The van der Waals surface area contributed by atoms with E-state index in [-0.39, 0.29) is 24.3 Å². The van der Waals surface area contributed by atoms with Crippen molar-refractivity contribution in [1.82, 2.24) is 29.6 Å². The largest absolute Gasteiger partial charge is 0.348 e. The van der Waals surface area contributed by atoms with Crippen LogP contribution in [0.3, 0.4) is 0 Å². The van der Waals surface area contributed by atoms with Crippen LogP contribution in [0.1, 0.15) is 35.8 Å². The summed E-state index contributed by atoms with van der Waals surface area (Å²) in [7, 11) is 0. The second-order valence-electron chi connectivity index (χ2n) is 8.28. The molecule has 2 aromatic carbocycles. The fraction of sp³-hybridized carbons (Fsp3) is 0.154. The Bertz CT molecular complexity index is 1460. The third kappa shape index (κ3) is 4.05. The maximum absolute atomic E-state index is 14.6. The van der Waals surface area contributed by atoms with Crippen LogP contribution in [0.5, 0.6) is 0 Å². The van der Waals surface area contributed by atoms with Crippen molar-refractivity contribution in [3.8, 4) is 16.9 Å².